The maximum atomic E-state index is 11.9. The van der Waals surface area contributed by atoms with Crippen molar-refractivity contribution in [3.63, 3.8) is 0 Å². The first-order chi connectivity index (χ1) is 10.1. The van der Waals surface area contributed by atoms with E-state index in [-0.39, 0.29) is 17.9 Å². The third kappa shape index (κ3) is 4.72. The fourth-order valence-corrected chi connectivity index (χ4v) is 3.24. The number of esters is 1. The second-order valence-corrected chi connectivity index (χ2v) is 6.19. The van der Waals surface area contributed by atoms with Gasteiger partial charge in [-0.3, -0.25) is 4.79 Å². The molecule has 0 aromatic heterocycles. The lowest BCUT2D eigenvalue weighted by Crippen LogP contribution is -2.38. The maximum absolute atomic E-state index is 11.9. The lowest BCUT2D eigenvalue weighted by molar-refractivity contribution is -0.149. The first-order valence-corrected chi connectivity index (χ1v) is 8.16. The van der Waals surface area contributed by atoms with Gasteiger partial charge < -0.3 is 10.1 Å². The molecule has 0 spiro atoms. The lowest BCUT2D eigenvalue weighted by Gasteiger charge is -2.31. The number of halogens is 1. The van der Waals surface area contributed by atoms with Crippen LogP contribution in [-0.2, 0) is 9.53 Å². The molecule has 2 rings (SSSR count). The minimum absolute atomic E-state index is 0.0422. The van der Waals surface area contributed by atoms with Crippen LogP contribution in [-0.4, -0.2) is 18.6 Å². The molecule has 3 atom stereocenters. The quantitative estimate of drug-likeness (QED) is 0.832. The molecular weight excluding hydrogens is 286 g/mol. The Morgan fingerprint density at radius 1 is 1.48 bits per heavy atom. The SMILES string of the molecule is CCOC(=O)C1CCCC(NC(C)c2cccc(Cl)c2)C1. The summed E-state index contributed by atoms with van der Waals surface area (Å²) in [5.74, 6) is 0.00201. The molecule has 0 amide bonds. The van der Waals surface area contributed by atoms with Crippen molar-refractivity contribution in [1.82, 2.24) is 5.32 Å². The van der Waals surface area contributed by atoms with Crippen molar-refractivity contribution in [3.05, 3.63) is 34.9 Å². The Morgan fingerprint density at radius 2 is 2.29 bits per heavy atom. The van der Waals surface area contributed by atoms with Crippen LogP contribution in [0.25, 0.3) is 0 Å². The zero-order valence-electron chi connectivity index (χ0n) is 12.8. The molecular formula is C17H24ClNO2. The summed E-state index contributed by atoms with van der Waals surface area (Å²) >= 11 is 6.04. The number of ether oxygens (including phenoxy) is 1. The molecule has 3 nitrogen and oxygen atoms in total. The Balaban J connectivity index is 1.91. The van der Waals surface area contributed by atoms with E-state index in [1.165, 1.54) is 5.56 Å². The van der Waals surface area contributed by atoms with Gasteiger partial charge in [0.1, 0.15) is 0 Å². The molecule has 1 fully saturated rings. The van der Waals surface area contributed by atoms with E-state index in [1.807, 2.05) is 25.1 Å². The molecule has 0 heterocycles. The number of benzene rings is 1. The van der Waals surface area contributed by atoms with E-state index >= 15 is 0 Å². The number of hydrogen-bond acceptors (Lipinski definition) is 3. The van der Waals surface area contributed by atoms with E-state index in [1.54, 1.807) is 0 Å². The molecule has 0 radical (unpaired) electrons. The second kappa shape index (κ2) is 7.81. The number of nitrogens with one attached hydrogen (secondary N) is 1. The van der Waals surface area contributed by atoms with Crippen LogP contribution in [0.1, 0.15) is 51.1 Å². The summed E-state index contributed by atoms with van der Waals surface area (Å²) in [7, 11) is 0. The van der Waals surface area contributed by atoms with Gasteiger partial charge in [-0.25, -0.2) is 0 Å². The summed E-state index contributed by atoms with van der Waals surface area (Å²) in [5, 5.41) is 4.38. The van der Waals surface area contributed by atoms with Gasteiger partial charge in [0.05, 0.1) is 12.5 Å². The number of carbonyl (C=O) groups excluding carboxylic acids is 1. The predicted octanol–water partition coefficient (Wildman–Crippen LogP) is 4.11. The summed E-state index contributed by atoms with van der Waals surface area (Å²) < 4.78 is 5.15. The largest absolute Gasteiger partial charge is 0.466 e. The zero-order valence-corrected chi connectivity index (χ0v) is 13.5. The van der Waals surface area contributed by atoms with Crippen LogP contribution in [0.4, 0.5) is 0 Å². The Morgan fingerprint density at radius 3 is 3.00 bits per heavy atom. The molecule has 1 aromatic carbocycles. The van der Waals surface area contributed by atoms with Gasteiger partial charge in [-0.1, -0.05) is 30.2 Å². The van der Waals surface area contributed by atoms with E-state index in [2.05, 4.69) is 18.3 Å². The van der Waals surface area contributed by atoms with E-state index in [4.69, 9.17) is 16.3 Å². The van der Waals surface area contributed by atoms with E-state index in [0.717, 1.165) is 30.7 Å². The predicted molar refractivity (Wildman–Crippen MR) is 85.4 cm³/mol. The minimum atomic E-state index is -0.0422. The van der Waals surface area contributed by atoms with Gasteiger partial charge in [0.25, 0.3) is 0 Å². The topological polar surface area (TPSA) is 38.3 Å². The minimum Gasteiger partial charge on any atom is -0.466 e. The Kier molecular flexibility index (Phi) is 6.07. The summed E-state index contributed by atoms with van der Waals surface area (Å²) in [6, 6.07) is 8.52. The van der Waals surface area contributed by atoms with Gasteiger partial charge in [-0.2, -0.15) is 0 Å². The molecule has 0 bridgehead atoms. The van der Waals surface area contributed by atoms with Crippen molar-refractivity contribution in [2.45, 2.75) is 51.6 Å². The van der Waals surface area contributed by atoms with Crippen molar-refractivity contribution >= 4 is 17.6 Å². The highest BCUT2D eigenvalue weighted by Crippen LogP contribution is 2.27. The molecule has 1 saturated carbocycles. The molecule has 4 heteroatoms. The molecule has 116 valence electrons. The van der Waals surface area contributed by atoms with Crippen LogP contribution >= 0.6 is 11.6 Å². The summed E-state index contributed by atoms with van der Waals surface area (Å²) in [6.07, 6.45) is 4.00. The average molecular weight is 310 g/mol. The highest BCUT2D eigenvalue weighted by Gasteiger charge is 2.28. The summed E-state index contributed by atoms with van der Waals surface area (Å²) in [4.78, 5) is 11.9. The smallest absolute Gasteiger partial charge is 0.308 e. The third-order valence-electron chi connectivity index (χ3n) is 4.13. The normalized spacial score (nSPS) is 23.6. The first kappa shape index (κ1) is 16.3. The second-order valence-electron chi connectivity index (χ2n) is 5.76. The van der Waals surface area contributed by atoms with Crippen molar-refractivity contribution in [2.24, 2.45) is 5.92 Å². The Labute approximate surface area is 132 Å². The monoisotopic (exact) mass is 309 g/mol. The van der Waals surface area contributed by atoms with Gasteiger partial charge in [0.15, 0.2) is 0 Å². The molecule has 0 saturated heterocycles. The number of carbonyl (C=O) groups is 1. The van der Waals surface area contributed by atoms with Crippen LogP contribution < -0.4 is 5.32 Å². The van der Waals surface area contributed by atoms with Crippen molar-refractivity contribution in [1.29, 1.82) is 0 Å². The standard InChI is InChI=1S/C17H24ClNO2/c1-3-21-17(20)14-7-5-9-16(11-14)19-12(2)13-6-4-8-15(18)10-13/h4,6,8,10,12,14,16,19H,3,5,7,9,11H2,1-2H3. The number of hydrogen-bond donors (Lipinski definition) is 1. The van der Waals surface area contributed by atoms with Crippen molar-refractivity contribution in [3.8, 4) is 0 Å². The van der Waals surface area contributed by atoms with Gasteiger partial charge in [-0.05, 0) is 50.8 Å². The maximum Gasteiger partial charge on any atom is 0.308 e. The fraction of sp³-hybridized carbons (Fsp3) is 0.588. The molecule has 1 aliphatic rings. The highest BCUT2D eigenvalue weighted by molar-refractivity contribution is 6.30. The van der Waals surface area contributed by atoms with Gasteiger partial charge in [-0.15, -0.1) is 0 Å². The molecule has 3 unspecified atom stereocenters. The highest BCUT2D eigenvalue weighted by atomic mass is 35.5. The number of rotatable bonds is 5. The van der Waals surface area contributed by atoms with Crippen LogP contribution in [0.3, 0.4) is 0 Å². The van der Waals surface area contributed by atoms with Gasteiger partial charge in [0, 0.05) is 17.1 Å². The Hall–Kier alpha value is -1.06. The molecule has 1 N–H and O–H groups in total. The fourth-order valence-electron chi connectivity index (χ4n) is 3.04. The van der Waals surface area contributed by atoms with Gasteiger partial charge in [0.2, 0.25) is 0 Å². The van der Waals surface area contributed by atoms with Crippen LogP contribution in [0.15, 0.2) is 24.3 Å². The molecule has 21 heavy (non-hydrogen) atoms. The Bertz CT molecular complexity index is 478. The summed E-state index contributed by atoms with van der Waals surface area (Å²) in [5.41, 5.74) is 1.18. The summed E-state index contributed by atoms with van der Waals surface area (Å²) in [6.45, 7) is 4.46. The zero-order chi connectivity index (χ0) is 15.2. The first-order valence-electron chi connectivity index (χ1n) is 7.78. The van der Waals surface area contributed by atoms with Crippen LogP contribution in [0.5, 0.6) is 0 Å². The van der Waals surface area contributed by atoms with Crippen molar-refractivity contribution < 1.29 is 9.53 Å². The van der Waals surface area contributed by atoms with Crippen molar-refractivity contribution in [2.75, 3.05) is 6.61 Å². The van der Waals surface area contributed by atoms with Gasteiger partial charge >= 0.3 is 5.97 Å². The molecule has 0 aliphatic heterocycles. The van der Waals surface area contributed by atoms with Crippen LogP contribution in [0, 0.1) is 5.92 Å². The van der Waals surface area contributed by atoms with E-state index in [9.17, 15) is 4.79 Å². The third-order valence-corrected chi connectivity index (χ3v) is 4.36. The molecule has 1 aliphatic carbocycles. The molecule has 1 aromatic rings. The van der Waals surface area contributed by atoms with E-state index < -0.39 is 0 Å². The average Bonchev–Trinajstić information content (AvgIpc) is 2.48. The van der Waals surface area contributed by atoms with E-state index in [0.29, 0.717) is 12.6 Å². The van der Waals surface area contributed by atoms with Crippen LogP contribution in [0.2, 0.25) is 5.02 Å². The lowest BCUT2D eigenvalue weighted by atomic mass is 9.85.